The summed E-state index contributed by atoms with van der Waals surface area (Å²) in [6.45, 7) is 16.4. The highest BCUT2D eigenvalue weighted by Gasteiger charge is 2.60. The van der Waals surface area contributed by atoms with Crippen LogP contribution in [0, 0.1) is 11.8 Å². The van der Waals surface area contributed by atoms with E-state index in [0.29, 0.717) is 41.9 Å². The molecule has 0 aliphatic carbocycles. The van der Waals surface area contributed by atoms with Crippen molar-refractivity contribution in [2.75, 3.05) is 44.6 Å². The Labute approximate surface area is 400 Å². The number of hydrogen-bond acceptors (Lipinski definition) is 12. The average Bonchev–Trinajstić information content (AvgIpc) is 4.14. The summed E-state index contributed by atoms with van der Waals surface area (Å²) in [6.07, 6.45) is 2.32. The number of aromatic nitrogens is 2. The quantitative estimate of drug-likeness (QED) is 0.128. The molecule has 16 heteroatoms. The second kappa shape index (κ2) is 19.4. The minimum atomic E-state index is -0.960. The summed E-state index contributed by atoms with van der Waals surface area (Å²) in [5.74, 6) is -0.476. The maximum absolute atomic E-state index is 14.5. The molecule has 3 aromatic carbocycles. The molecule has 0 radical (unpaired) electrons. The van der Waals surface area contributed by atoms with E-state index in [1.54, 1.807) is 7.11 Å². The molecule has 3 aliphatic heterocycles. The molecule has 4 unspecified atom stereocenters. The highest BCUT2D eigenvalue weighted by molar-refractivity contribution is 5.95. The van der Waals surface area contributed by atoms with E-state index in [-0.39, 0.29) is 58.1 Å². The van der Waals surface area contributed by atoms with Gasteiger partial charge in [-0.3, -0.25) is 5.32 Å². The number of anilines is 2. The molecular formula is C52H72N8O8+2. The van der Waals surface area contributed by atoms with Crippen LogP contribution in [-0.2, 0) is 24.5 Å². The molecule has 7 rings (SSSR count). The van der Waals surface area contributed by atoms with Crippen LogP contribution in [0.2, 0.25) is 0 Å². The second-order valence-electron chi connectivity index (χ2n) is 20.7. The van der Waals surface area contributed by atoms with Crippen LogP contribution in [0.1, 0.15) is 135 Å². The van der Waals surface area contributed by atoms with Crippen molar-refractivity contribution in [2.24, 2.45) is 23.3 Å². The number of benzene rings is 3. The predicted octanol–water partition coefficient (Wildman–Crippen LogP) is 9.01. The summed E-state index contributed by atoms with van der Waals surface area (Å²) in [5.41, 5.74) is 18.3. The number of quaternary nitrogens is 2. The molecule has 68 heavy (non-hydrogen) atoms. The number of imidazole rings is 1. The van der Waals surface area contributed by atoms with E-state index in [2.05, 4.69) is 55.3 Å². The minimum Gasteiger partial charge on any atom is -0.495 e. The van der Waals surface area contributed by atoms with Gasteiger partial charge in [-0.1, -0.05) is 72.7 Å². The first-order chi connectivity index (χ1) is 32.2. The van der Waals surface area contributed by atoms with Gasteiger partial charge in [-0.25, -0.2) is 28.7 Å². The fourth-order valence-corrected chi connectivity index (χ4v) is 10.9. The molecule has 4 aromatic rings. The smallest absolute Gasteiger partial charge is 0.495 e. The maximum Gasteiger partial charge on any atom is 0.523 e. The third-order valence-corrected chi connectivity index (χ3v) is 15.1. The van der Waals surface area contributed by atoms with Crippen molar-refractivity contribution in [1.82, 2.24) is 9.55 Å². The summed E-state index contributed by atoms with van der Waals surface area (Å²) in [4.78, 5) is 78.1. The fraction of sp³-hybridized carbons (Fsp3) is 0.538. The van der Waals surface area contributed by atoms with Gasteiger partial charge in [0.25, 0.3) is 0 Å². The number of nitrogens with two attached hydrogens (primary N) is 2. The number of carbonyl (C=O) groups is 5. The first-order valence-corrected chi connectivity index (χ1v) is 24.1. The van der Waals surface area contributed by atoms with Gasteiger partial charge in [0.15, 0.2) is 11.9 Å². The van der Waals surface area contributed by atoms with E-state index < -0.39 is 46.7 Å². The Kier molecular flexibility index (Phi) is 14.3. The first-order valence-electron chi connectivity index (χ1n) is 24.1. The molecular weight excluding hydrogens is 865 g/mol. The van der Waals surface area contributed by atoms with E-state index in [4.69, 9.17) is 30.7 Å². The molecule has 3 saturated heterocycles. The molecule has 4 heterocycles. The number of likely N-dealkylation sites (tertiary alicyclic amines) is 2. The number of hydrogen-bond donors (Lipinski definition) is 3. The second-order valence-corrected chi connectivity index (χ2v) is 20.7. The topological polar surface area (TPSA) is 198 Å². The zero-order valence-corrected chi connectivity index (χ0v) is 41.7. The lowest BCUT2D eigenvalue weighted by Gasteiger charge is -2.36. The van der Waals surface area contributed by atoms with Crippen molar-refractivity contribution in [2.45, 2.75) is 136 Å². The molecule has 1 aromatic heterocycles. The Morgan fingerprint density at radius 3 is 1.87 bits per heavy atom. The summed E-state index contributed by atoms with van der Waals surface area (Å²) < 4.78 is 16.8. The zero-order valence-electron chi connectivity index (χ0n) is 41.7. The summed E-state index contributed by atoms with van der Waals surface area (Å²) >= 11 is 0. The Balaban J connectivity index is 1.33. The van der Waals surface area contributed by atoms with Crippen molar-refractivity contribution >= 4 is 52.4 Å². The van der Waals surface area contributed by atoms with E-state index in [1.807, 2.05) is 71.0 Å². The molecule has 5 N–H and O–H groups in total. The molecule has 5 amide bonds. The van der Waals surface area contributed by atoms with Crippen LogP contribution in [-0.4, -0.2) is 101 Å². The molecule has 366 valence electrons. The van der Waals surface area contributed by atoms with Crippen molar-refractivity contribution in [1.29, 1.82) is 0 Å². The lowest BCUT2D eigenvalue weighted by atomic mass is 9.87. The van der Waals surface area contributed by atoms with E-state index >= 15 is 0 Å². The monoisotopic (exact) mass is 937 g/mol. The maximum atomic E-state index is 14.5. The standard InChI is InChI=1S/C52H71N8O8/c1-30(2)44(53)47(61)59(26-12-14-32(59)5)49(63)56-38-28-33(17-25-43(38)66-9)39-23-24-40(57(39)36-20-18-35(19-21-36)52(6,7)8)34-16-22-37-41(29-34)58(50(64)67-10)46(55-37)42-15-13-27-60(42,51(65)68-11)48(62)45(54)31(3)4/h16-22,25,28-32,39-40,42,44-45H,12-15,23-24,26-27,53-54H2,1-11H3/q+1/p+1/t32-,39?,40?,42+,44+,45+,59?,60?/m1/s1. The number of rotatable bonds is 10. The summed E-state index contributed by atoms with van der Waals surface area (Å²) in [7, 11) is 4.10. The normalized spacial score (nSPS) is 24.9. The van der Waals surface area contributed by atoms with Crippen molar-refractivity contribution in [3.05, 3.63) is 83.2 Å². The summed E-state index contributed by atoms with van der Waals surface area (Å²) in [5, 5.41) is 3.14. The fourth-order valence-electron chi connectivity index (χ4n) is 10.9. The Morgan fingerprint density at radius 1 is 0.750 bits per heavy atom. The largest absolute Gasteiger partial charge is 0.523 e. The lowest BCUT2D eigenvalue weighted by molar-refractivity contribution is -0.802. The molecule has 0 spiro atoms. The van der Waals surface area contributed by atoms with Gasteiger partial charge in [0.1, 0.15) is 23.9 Å². The Morgan fingerprint density at radius 2 is 1.32 bits per heavy atom. The van der Waals surface area contributed by atoms with Gasteiger partial charge in [-0.2, -0.15) is 9.28 Å². The number of fused-ring (bicyclic) bond motifs is 1. The highest BCUT2D eigenvalue weighted by Crippen LogP contribution is 2.49. The molecule has 16 nitrogen and oxygen atoms in total. The number of nitrogens with one attached hydrogen (secondary N) is 1. The van der Waals surface area contributed by atoms with Crippen molar-refractivity contribution < 1.29 is 47.1 Å². The average molecular weight is 937 g/mol. The molecule has 0 saturated carbocycles. The number of imide groups is 2. The van der Waals surface area contributed by atoms with Gasteiger partial charge in [0.05, 0.1) is 63.2 Å². The predicted molar refractivity (Wildman–Crippen MR) is 261 cm³/mol. The van der Waals surface area contributed by atoms with Gasteiger partial charge in [0, 0.05) is 31.4 Å². The molecule has 8 atom stereocenters. The number of amides is 5. The summed E-state index contributed by atoms with van der Waals surface area (Å²) in [6, 6.07) is 16.6. The molecule has 3 fully saturated rings. The van der Waals surface area contributed by atoms with Crippen LogP contribution in [0.4, 0.5) is 25.8 Å². The number of carbonyl (C=O) groups excluding carboxylic acids is 5. The number of nitrogens with zero attached hydrogens (tertiary/aromatic N) is 5. The van der Waals surface area contributed by atoms with Gasteiger partial charge >= 0.3 is 30.0 Å². The van der Waals surface area contributed by atoms with E-state index in [0.717, 1.165) is 42.5 Å². The number of methoxy groups -OCH3 is 3. The number of urea groups is 1. The Hall–Kier alpha value is -5.68. The first kappa shape index (κ1) is 50.2. The van der Waals surface area contributed by atoms with Crippen LogP contribution < -0.4 is 26.4 Å². The van der Waals surface area contributed by atoms with Crippen LogP contribution in [0.25, 0.3) is 11.0 Å². The number of ether oxygens (including phenoxy) is 3. The van der Waals surface area contributed by atoms with Crippen molar-refractivity contribution in [3.8, 4) is 5.75 Å². The van der Waals surface area contributed by atoms with Gasteiger partial charge in [-0.05, 0) is 90.1 Å². The molecule has 3 aliphatic rings. The van der Waals surface area contributed by atoms with Crippen LogP contribution in [0.5, 0.6) is 5.75 Å². The lowest BCUT2D eigenvalue weighted by Crippen LogP contribution is -2.65. The van der Waals surface area contributed by atoms with E-state index in [1.165, 1.54) is 24.4 Å². The zero-order chi connectivity index (χ0) is 49.6. The van der Waals surface area contributed by atoms with Gasteiger partial charge in [0.2, 0.25) is 0 Å². The van der Waals surface area contributed by atoms with Crippen LogP contribution >= 0.6 is 0 Å². The van der Waals surface area contributed by atoms with Gasteiger partial charge < -0.3 is 30.6 Å². The van der Waals surface area contributed by atoms with Crippen LogP contribution in [0.3, 0.4) is 0 Å². The SMILES string of the molecule is COC(=O)n1c([C@@H]2CCC[N+]2(C(=O)OC)C(=O)[C@@H](N)C(C)C)nc2ccc(C3CCC(c4ccc(OC)c(NC(=O)[N+]5(C(=O)[C@@H](N)C(C)C)CCC[C@H]5C)c4)N3c3ccc(C(C)(C)C)cc3)cc21. The van der Waals surface area contributed by atoms with Crippen molar-refractivity contribution in [3.63, 3.8) is 0 Å². The van der Waals surface area contributed by atoms with E-state index in [9.17, 15) is 24.0 Å². The Bertz CT molecular complexity index is 2570. The van der Waals surface area contributed by atoms with Crippen LogP contribution in [0.15, 0.2) is 60.7 Å². The third-order valence-electron chi connectivity index (χ3n) is 15.1. The third kappa shape index (κ3) is 8.58. The highest BCUT2D eigenvalue weighted by atomic mass is 16.6. The molecule has 0 bridgehead atoms. The minimum absolute atomic E-state index is 0.0818. The van der Waals surface area contributed by atoms with Gasteiger partial charge in [-0.15, -0.1) is 4.48 Å².